The molecule has 19 heavy (non-hydrogen) atoms. The van der Waals surface area contributed by atoms with E-state index in [0.29, 0.717) is 12.5 Å². The lowest BCUT2D eigenvalue weighted by Gasteiger charge is -2.39. The summed E-state index contributed by atoms with van der Waals surface area (Å²) in [5.74, 6) is 0.451. The fourth-order valence-electron chi connectivity index (χ4n) is 2.10. The van der Waals surface area contributed by atoms with Crippen LogP contribution in [-0.4, -0.2) is 48.8 Å². The number of nitrogens with zero attached hydrogens (tertiary/aromatic N) is 2. The van der Waals surface area contributed by atoms with Gasteiger partial charge in [-0.3, -0.25) is 4.98 Å². The van der Waals surface area contributed by atoms with Gasteiger partial charge in [-0.15, -0.1) is 0 Å². The van der Waals surface area contributed by atoms with Crippen molar-refractivity contribution in [1.29, 1.82) is 0 Å². The maximum atomic E-state index is 11.8. The fraction of sp³-hybridized carbons (Fsp3) is 0.571. The number of rotatable bonds is 5. The number of aromatic nitrogens is 1. The minimum atomic E-state index is 0.0219. The molecule has 1 aromatic heterocycles. The summed E-state index contributed by atoms with van der Waals surface area (Å²) in [5.41, 5.74) is 1.26. The van der Waals surface area contributed by atoms with Crippen molar-refractivity contribution in [2.75, 3.05) is 26.7 Å². The van der Waals surface area contributed by atoms with E-state index in [4.69, 9.17) is 4.74 Å². The summed E-state index contributed by atoms with van der Waals surface area (Å²) in [6.07, 6.45) is 4.61. The van der Waals surface area contributed by atoms with E-state index in [1.807, 2.05) is 24.0 Å². The summed E-state index contributed by atoms with van der Waals surface area (Å²) < 4.78 is 5.14. The lowest BCUT2D eigenvalue weighted by Crippen LogP contribution is -2.52. The molecule has 0 radical (unpaired) electrons. The standard InChI is InChI=1S/C14H21N3O2/c1-11(19-2)3-8-16-14(18)17-9-13(10-17)12-4-6-15-7-5-12/h4-7,11,13H,3,8-10H2,1-2H3,(H,16,18). The van der Waals surface area contributed by atoms with E-state index in [1.54, 1.807) is 19.5 Å². The van der Waals surface area contributed by atoms with Crippen LogP contribution >= 0.6 is 0 Å². The van der Waals surface area contributed by atoms with Gasteiger partial charge < -0.3 is 15.0 Å². The molecule has 1 aliphatic rings. The third kappa shape index (κ3) is 3.67. The van der Waals surface area contributed by atoms with Crippen LogP contribution < -0.4 is 5.32 Å². The molecule has 0 spiro atoms. The Morgan fingerprint density at radius 2 is 2.21 bits per heavy atom. The molecule has 104 valence electrons. The second kappa shape index (κ2) is 6.52. The first-order chi connectivity index (χ1) is 9.20. The van der Waals surface area contributed by atoms with E-state index in [2.05, 4.69) is 10.3 Å². The minimum absolute atomic E-state index is 0.0219. The first-order valence-electron chi connectivity index (χ1n) is 6.66. The lowest BCUT2D eigenvalue weighted by atomic mass is 9.93. The van der Waals surface area contributed by atoms with Gasteiger partial charge in [0.1, 0.15) is 0 Å². The SMILES string of the molecule is COC(C)CCNC(=O)N1CC(c2ccncc2)C1. The van der Waals surface area contributed by atoms with E-state index in [-0.39, 0.29) is 12.1 Å². The molecular weight excluding hydrogens is 242 g/mol. The Hall–Kier alpha value is -1.62. The van der Waals surface area contributed by atoms with Crippen LogP contribution in [0, 0.1) is 0 Å². The molecule has 0 aliphatic carbocycles. The van der Waals surface area contributed by atoms with Gasteiger partial charge in [0.15, 0.2) is 0 Å². The summed E-state index contributed by atoms with van der Waals surface area (Å²) in [6, 6.07) is 4.05. The van der Waals surface area contributed by atoms with Crippen molar-refractivity contribution < 1.29 is 9.53 Å². The highest BCUT2D eigenvalue weighted by Gasteiger charge is 2.31. The first kappa shape index (κ1) is 13.8. The van der Waals surface area contributed by atoms with Crippen molar-refractivity contribution in [1.82, 2.24) is 15.2 Å². The average molecular weight is 263 g/mol. The highest BCUT2D eigenvalue weighted by atomic mass is 16.5. The number of methoxy groups -OCH3 is 1. The Morgan fingerprint density at radius 3 is 2.84 bits per heavy atom. The van der Waals surface area contributed by atoms with Gasteiger partial charge in [0.2, 0.25) is 0 Å². The predicted octanol–water partition coefficient (Wildman–Crippen LogP) is 1.62. The van der Waals surface area contributed by atoms with E-state index in [1.165, 1.54) is 5.56 Å². The van der Waals surface area contributed by atoms with Gasteiger partial charge in [-0.25, -0.2) is 4.79 Å². The Balaban J connectivity index is 1.67. The largest absolute Gasteiger partial charge is 0.382 e. The lowest BCUT2D eigenvalue weighted by molar-refractivity contribution is 0.109. The molecule has 0 saturated carbocycles. The summed E-state index contributed by atoms with van der Waals surface area (Å²) >= 11 is 0. The van der Waals surface area contributed by atoms with Crippen LogP contribution in [0.4, 0.5) is 4.79 Å². The van der Waals surface area contributed by atoms with E-state index in [9.17, 15) is 4.79 Å². The van der Waals surface area contributed by atoms with E-state index in [0.717, 1.165) is 19.5 Å². The van der Waals surface area contributed by atoms with Crippen molar-refractivity contribution in [3.05, 3.63) is 30.1 Å². The molecule has 1 saturated heterocycles. The van der Waals surface area contributed by atoms with Gasteiger partial charge in [-0.2, -0.15) is 0 Å². The van der Waals surface area contributed by atoms with Crippen LogP contribution in [0.3, 0.4) is 0 Å². The van der Waals surface area contributed by atoms with Crippen molar-refractivity contribution >= 4 is 6.03 Å². The summed E-state index contributed by atoms with van der Waals surface area (Å²) in [5, 5.41) is 2.92. The molecule has 0 aromatic carbocycles. The molecule has 5 heteroatoms. The van der Waals surface area contributed by atoms with Crippen LogP contribution in [0.1, 0.15) is 24.8 Å². The zero-order valence-corrected chi connectivity index (χ0v) is 11.5. The normalized spacial score (nSPS) is 16.8. The summed E-state index contributed by atoms with van der Waals surface area (Å²) in [6.45, 7) is 4.23. The first-order valence-corrected chi connectivity index (χ1v) is 6.66. The molecule has 1 N–H and O–H groups in total. The predicted molar refractivity (Wildman–Crippen MR) is 73.0 cm³/mol. The van der Waals surface area contributed by atoms with Gasteiger partial charge >= 0.3 is 6.03 Å². The third-order valence-electron chi connectivity index (χ3n) is 3.58. The Bertz CT molecular complexity index is 404. The van der Waals surface area contributed by atoms with Crippen LogP contribution in [0.5, 0.6) is 0 Å². The molecule has 5 nitrogen and oxygen atoms in total. The van der Waals surface area contributed by atoms with Crippen molar-refractivity contribution in [3.63, 3.8) is 0 Å². The topological polar surface area (TPSA) is 54.5 Å². The van der Waals surface area contributed by atoms with Crippen LogP contribution in [0.25, 0.3) is 0 Å². The average Bonchev–Trinajstić information content (AvgIpc) is 2.38. The molecule has 2 amide bonds. The smallest absolute Gasteiger partial charge is 0.317 e. The monoisotopic (exact) mass is 263 g/mol. The molecule has 0 bridgehead atoms. The Morgan fingerprint density at radius 1 is 1.53 bits per heavy atom. The second-order valence-corrected chi connectivity index (χ2v) is 4.95. The number of amides is 2. The van der Waals surface area contributed by atoms with Crippen molar-refractivity contribution in [2.24, 2.45) is 0 Å². The number of pyridine rings is 1. The molecule has 1 aliphatic heterocycles. The Kier molecular flexibility index (Phi) is 4.74. The van der Waals surface area contributed by atoms with Gasteiger partial charge in [-0.05, 0) is 31.0 Å². The van der Waals surface area contributed by atoms with Gasteiger partial charge in [0.25, 0.3) is 0 Å². The number of nitrogens with one attached hydrogen (secondary N) is 1. The number of carbonyl (C=O) groups excluding carboxylic acids is 1. The molecule has 2 rings (SSSR count). The molecular formula is C14H21N3O2. The highest BCUT2D eigenvalue weighted by molar-refractivity contribution is 5.75. The second-order valence-electron chi connectivity index (χ2n) is 4.95. The van der Waals surface area contributed by atoms with Gasteiger partial charge in [0, 0.05) is 45.1 Å². The van der Waals surface area contributed by atoms with Crippen LogP contribution in [-0.2, 0) is 4.74 Å². The maximum absolute atomic E-state index is 11.8. The number of hydrogen-bond acceptors (Lipinski definition) is 3. The number of ether oxygens (including phenoxy) is 1. The van der Waals surface area contributed by atoms with Crippen molar-refractivity contribution in [2.45, 2.75) is 25.4 Å². The molecule has 2 heterocycles. The number of likely N-dealkylation sites (tertiary alicyclic amines) is 1. The number of carbonyl (C=O) groups is 1. The zero-order valence-electron chi connectivity index (χ0n) is 11.5. The molecule has 1 atom stereocenters. The zero-order chi connectivity index (χ0) is 13.7. The Labute approximate surface area is 114 Å². The van der Waals surface area contributed by atoms with Crippen molar-refractivity contribution in [3.8, 4) is 0 Å². The highest BCUT2D eigenvalue weighted by Crippen LogP contribution is 2.26. The number of urea groups is 1. The summed E-state index contributed by atoms with van der Waals surface area (Å²) in [7, 11) is 1.68. The number of hydrogen-bond donors (Lipinski definition) is 1. The summed E-state index contributed by atoms with van der Waals surface area (Å²) in [4.78, 5) is 17.7. The van der Waals surface area contributed by atoms with E-state index >= 15 is 0 Å². The van der Waals surface area contributed by atoms with Crippen LogP contribution in [0.15, 0.2) is 24.5 Å². The third-order valence-corrected chi connectivity index (χ3v) is 3.58. The molecule has 1 fully saturated rings. The molecule has 1 aromatic rings. The minimum Gasteiger partial charge on any atom is -0.382 e. The van der Waals surface area contributed by atoms with Gasteiger partial charge in [-0.1, -0.05) is 0 Å². The maximum Gasteiger partial charge on any atom is 0.317 e. The molecule has 1 unspecified atom stereocenters. The van der Waals surface area contributed by atoms with Crippen LogP contribution in [0.2, 0.25) is 0 Å². The quantitative estimate of drug-likeness (QED) is 0.878. The van der Waals surface area contributed by atoms with Gasteiger partial charge in [0.05, 0.1) is 6.10 Å². The van der Waals surface area contributed by atoms with E-state index < -0.39 is 0 Å². The fourth-order valence-corrected chi connectivity index (χ4v) is 2.10.